The molecular formula is C22H26N2O3. The zero-order valence-electron chi connectivity index (χ0n) is 16.1. The van der Waals surface area contributed by atoms with Gasteiger partial charge in [-0.25, -0.2) is 0 Å². The second-order valence-electron chi connectivity index (χ2n) is 7.04. The smallest absolute Gasteiger partial charge is 0.243 e. The summed E-state index contributed by atoms with van der Waals surface area (Å²) in [4.78, 5) is 26.4. The number of carbonyl (C=O) groups is 2. The van der Waals surface area contributed by atoms with Crippen molar-refractivity contribution in [3.05, 3.63) is 64.7 Å². The molecule has 0 spiro atoms. The van der Waals surface area contributed by atoms with Gasteiger partial charge in [0.2, 0.25) is 11.8 Å². The van der Waals surface area contributed by atoms with E-state index in [1.54, 1.807) is 4.90 Å². The summed E-state index contributed by atoms with van der Waals surface area (Å²) >= 11 is 0. The normalized spacial score (nSPS) is 15.8. The number of carbonyl (C=O) groups excluding carboxylic acids is 2. The van der Waals surface area contributed by atoms with Crippen LogP contribution in [0.25, 0.3) is 0 Å². The second-order valence-corrected chi connectivity index (χ2v) is 7.04. The Balaban J connectivity index is 1.57. The van der Waals surface area contributed by atoms with Crippen molar-refractivity contribution >= 4 is 11.8 Å². The number of hydrogen-bond donors (Lipinski definition) is 1. The van der Waals surface area contributed by atoms with Gasteiger partial charge in [0.15, 0.2) is 0 Å². The summed E-state index contributed by atoms with van der Waals surface area (Å²) in [6.07, 6.45) is 0.541. The Morgan fingerprint density at radius 1 is 1.15 bits per heavy atom. The molecule has 0 aliphatic carbocycles. The molecule has 0 saturated heterocycles. The first-order valence-electron chi connectivity index (χ1n) is 9.27. The average Bonchev–Trinajstić information content (AvgIpc) is 2.65. The predicted octanol–water partition coefficient (Wildman–Crippen LogP) is 2.77. The molecule has 2 amide bonds. The molecule has 3 rings (SSSR count). The van der Waals surface area contributed by atoms with E-state index >= 15 is 0 Å². The van der Waals surface area contributed by atoms with Gasteiger partial charge in [0.1, 0.15) is 18.4 Å². The van der Waals surface area contributed by atoms with Crippen LogP contribution in [0.5, 0.6) is 5.75 Å². The second kappa shape index (κ2) is 8.25. The van der Waals surface area contributed by atoms with Crippen LogP contribution in [0.15, 0.2) is 42.5 Å². The Labute approximate surface area is 160 Å². The van der Waals surface area contributed by atoms with Crippen molar-refractivity contribution < 1.29 is 14.3 Å². The minimum Gasteiger partial charge on any atom is -0.491 e. The third-order valence-corrected chi connectivity index (χ3v) is 4.94. The molecule has 0 saturated carbocycles. The number of amides is 2. The zero-order chi connectivity index (χ0) is 19.4. The summed E-state index contributed by atoms with van der Waals surface area (Å²) in [5, 5.41) is 2.91. The monoisotopic (exact) mass is 366 g/mol. The molecule has 0 fully saturated rings. The molecule has 5 heteroatoms. The van der Waals surface area contributed by atoms with Crippen molar-refractivity contribution in [1.82, 2.24) is 10.2 Å². The van der Waals surface area contributed by atoms with E-state index < -0.39 is 6.04 Å². The lowest BCUT2D eigenvalue weighted by Crippen LogP contribution is -2.52. The summed E-state index contributed by atoms with van der Waals surface area (Å²) in [5.41, 5.74) is 4.50. The summed E-state index contributed by atoms with van der Waals surface area (Å²) in [6, 6.07) is 13.5. The largest absolute Gasteiger partial charge is 0.491 e. The fourth-order valence-corrected chi connectivity index (χ4v) is 3.50. The fourth-order valence-electron chi connectivity index (χ4n) is 3.50. The van der Waals surface area contributed by atoms with Gasteiger partial charge in [-0.2, -0.15) is 0 Å². The Kier molecular flexibility index (Phi) is 5.79. The number of fused-ring (bicyclic) bond motifs is 1. The number of ether oxygens (including phenoxy) is 1. The van der Waals surface area contributed by atoms with Gasteiger partial charge in [0.25, 0.3) is 0 Å². The average molecular weight is 366 g/mol. The Morgan fingerprint density at radius 2 is 1.89 bits per heavy atom. The highest BCUT2D eigenvalue weighted by atomic mass is 16.5. The molecule has 5 nitrogen and oxygen atoms in total. The maximum Gasteiger partial charge on any atom is 0.243 e. The van der Waals surface area contributed by atoms with E-state index in [9.17, 15) is 9.59 Å². The quantitative estimate of drug-likeness (QED) is 0.828. The van der Waals surface area contributed by atoms with E-state index in [-0.39, 0.29) is 11.8 Å². The predicted molar refractivity (Wildman–Crippen MR) is 105 cm³/mol. The van der Waals surface area contributed by atoms with Crippen molar-refractivity contribution in [1.29, 1.82) is 0 Å². The molecule has 2 aromatic rings. The first-order valence-corrected chi connectivity index (χ1v) is 9.27. The molecule has 1 N–H and O–H groups in total. The van der Waals surface area contributed by atoms with Crippen molar-refractivity contribution in [2.45, 2.75) is 39.8 Å². The summed E-state index contributed by atoms with van der Waals surface area (Å²) in [7, 11) is 0. The van der Waals surface area contributed by atoms with Crippen molar-refractivity contribution in [3.8, 4) is 5.75 Å². The lowest BCUT2D eigenvalue weighted by molar-refractivity contribution is -0.140. The van der Waals surface area contributed by atoms with E-state index in [0.717, 1.165) is 22.4 Å². The third kappa shape index (κ3) is 4.48. The van der Waals surface area contributed by atoms with Crippen molar-refractivity contribution in [3.63, 3.8) is 0 Å². The summed E-state index contributed by atoms with van der Waals surface area (Å²) in [5.74, 6) is 0.604. The molecule has 1 heterocycles. The molecular weight excluding hydrogens is 340 g/mol. The van der Waals surface area contributed by atoms with Crippen LogP contribution in [0.4, 0.5) is 0 Å². The number of hydrogen-bond acceptors (Lipinski definition) is 3. The number of benzene rings is 2. The molecule has 0 bridgehead atoms. The Hall–Kier alpha value is -2.82. The first-order chi connectivity index (χ1) is 13.0. The van der Waals surface area contributed by atoms with Gasteiger partial charge >= 0.3 is 0 Å². The Bertz CT molecular complexity index is 847. The van der Waals surface area contributed by atoms with E-state index in [2.05, 4.69) is 11.4 Å². The number of rotatable bonds is 5. The van der Waals surface area contributed by atoms with Crippen LogP contribution in [0.3, 0.4) is 0 Å². The lowest BCUT2D eigenvalue weighted by atomic mass is 9.93. The van der Waals surface area contributed by atoms with Crippen LogP contribution in [-0.2, 0) is 22.6 Å². The van der Waals surface area contributed by atoms with E-state index in [1.807, 2.05) is 50.2 Å². The summed E-state index contributed by atoms with van der Waals surface area (Å²) in [6.45, 7) is 6.82. The minimum atomic E-state index is -0.474. The zero-order valence-corrected chi connectivity index (χ0v) is 16.1. The van der Waals surface area contributed by atoms with Crippen LogP contribution >= 0.6 is 0 Å². The van der Waals surface area contributed by atoms with Gasteiger partial charge in [-0.05, 0) is 36.6 Å². The number of nitrogens with zero attached hydrogens (tertiary/aromatic N) is 1. The highest BCUT2D eigenvalue weighted by Crippen LogP contribution is 2.23. The van der Waals surface area contributed by atoms with Crippen LogP contribution in [0.2, 0.25) is 0 Å². The third-order valence-electron chi connectivity index (χ3n) is 4.94. The van der Waals surface area contributed by atoms with Gasteiger partial charge in [-0.3, -0.25) is 9.59 Å². The van der Waals surface area contributed by atoms with Crippen LogP contribution < -0.4 is 10.1 Å². The first kappa shape index (κ1) is 19.0. The highest BCUT2D eigenvalue weighted by Gasteiger charge is 2.32. The van der Waals surface area contributed by atoms with Gasteiger partial charge in [-0.1, -0.05) is 42.0 Å². The molecule has 2 aromatic carbocycles. The molecule has 1 aliphatic heterocycles. The van der Waals surface area contributed by atoms with Crippen LogP contribution in [-0.4, -0.2) is 35.9 Å². The topological polar surface area (TPSA) is 58.6 Å². The molecule has 1 atom stereocenters. The molecule has 27 heavy (non-hydrogen) atoms. The van der Waals surface area contributed by atoms with E-state index in [4.69, 9.17) is 4.74 Å². The number of aryl methyl sites for hydroxylation is 2. The molecule has 1 unspecified atom stereocenters. The van der Waals surface area contributed by atoms with Gasteiger partial charge in [-0.15, -0.1) is 0 Å². The van der Waals surface area contributed by atoms with Gasteiger partial charge < -0.3 is 15.0 Å². The van der Waals surface area contributed by atoms with Crippen LogP contribution in [0, 0.1) is 13.8 Å². The summed E-state index contributed by atoms with van der Waals surface area (Å²) < 4.78 is 5.76. The van der Waals surface area contributed by atoms with Gasteiger partial charge in [0.05, 0.1) is 6.54 Å². The minimum absolute atomic E-state index is 0.0869. The maximum atomic E-state index is 12.7. The van der Waals surface area contributed by atoms with Crippen molar-refractivity contribution in [2.24, 2.45) is 0 Å². The molecule has 142 valence electrons. The maximum absolute atomic E-state index is 12.7. The van der Waals surface area contributed by atoms with Crippen LogP contribution in [0.1, 0.15) is 29.2 Å². The van der Waals surface area contributed by atoms with E-state index in [1.165, 1.54) is 12.5 Å². The van der Waals surface area contributed by atoms with Gasteiger partial charge in [0, 0.05) is 19.9 Å². The Morgan fingerprint density at radius 3 is 2.59 bits per heavy atom. The standard InChI is InChI=1S/C22H26N2O3/c1-15-8-9-21(16(2)12-15)27-11-10-23-22(26)20-13-18-6-4-5-7-19(18)14-24(20)17(3)25/h4-9,12,20H,10-11,13-14H2,1-3H3,(H,23,26). The van der Waals surface area contributed by atoms with E-state index in [0.29, 0.717) is 26.1 Å². The molecule has 0 radical (unpaired) electrons. The number of nitrogens with one attached hydrogen (secondary N) is 1. The molecule has 1 aliphatic rings. The SMILES string of the molecule is CC(=O)N1Cc2ccccc2CC1C(=O)NCCOc1ccc(C)cc1C. The lowest BCUT2D eigenvalue weighted by Gasteiger charge is -2.35. The fraction of sp³-hybridized carbons (Fsp3) is 0.364. The van der Waals surface area contributed by atoms with Crippen molar-refractivity contribution in [2.75, 3.05) is 13.2 Å². The molecule has 0 aromatic heterocycles. The highest BCUT2D eigenvalue weighted by molar-refractivity contribution is 5.87.